The molecular formula is C20H25N3O3. The second kappa shape index (κ2) is 8.17. The first-order valence-electron chi connectivity index (χ1n) is 9.05. The Hall–Kier alpha value is -2.63. The second-order valence-corrected chi connectivity index (χ2v) is 6.55. The van der Waals surface area contributed by atoms with Crippen LogP contribution < -0.4 is 4.74 Å². The predicted octanol–water partition coefficient (Wildman–Crippen LogP) is 4.61. The Kier molecular flexibility index (Phi) is 5.71. The van der Waals surface area contributed by atoms with Gasteiger partial charge >= 0.3 is 0 Å². The van der Waals surface area contributed by atoms with Gasteiger partial charge in [0.15, 0.2) is 0 Å². The lowest BCUT2D eigenvalue weighted by Gasteiger charge is -2.13. The molecule has 0 amide bonds. The monoisotopic (exact) mass is 355 g/mol. The molecule has 138 valence electrons. The van der Waals surface area contributed by atoms with E-state index in [4.69, 9.17) is 13.7 Å². The van der Waals surface area contributed by atoms with Gasteiger partial charge in [-0.25, -0.2) is 0 Å². The molecule has 3 rings (SSSR count). The first kappa shape index (κ1) is 18.2. The zero-order valence-corrected chi connectivity index (χ0v) is 15.8. The van der Waals surface area contributed by atoms with Crippen molar-refractivity contribution in [3.63, 3.8) is 0 Å². The number of ether oxygens (including phenoxy) is 1. The lowest BCUT2D eigenvalue weighted by molar-refractivity contribution is 0.296. The van der Waals surface area contributed by atoms with E-state index >= 15 is 0 Å². The average molecular weight is 355 g/mol. The molecule has 0 bridgehead atoms. The van der Waals surface area contributed by atoms with Crippen molar-refractivity contribution in [3.05, 3.63) is 46.7 Å². The highest BCUT2D eigenvalue weighted by atomic mass is 16.5. The van der Waals surface area contributed by atoms with Gasteiger partial charge in [-0.05, 0) is 49.9 Å². The van der Waals surface area contributed by atoms with E-state index in [0.717, 1.165) is 59.6 Å². The van der Waals surface area contributed by atoms with E-state index < -0.39 is 0 Å². The van der Waals surface area contributed by atoms with Crippen LogP contribution in [-0.2, 0) is 12.8 Å². The number of aryl methyl sites for hydroxylation is 5. The molecule has 6 heteroatoms. The minimum absolute atomic E-state index is 0.536. The minimum atomic E-state index is 0.536. The topological polar surface area (TPSA) is 74.2 Å². The van der Waals surface area contributed by atoms with E-state index in [1.807, 2.05) is 32.0 Å². The molecule has 3 aromatic rings. The summed E-state index contributed by atoms with van der Waals surface area (Å²) in [6, 6.07) is 6.08. The quantitative estimate of drug-likeness (QED) is 0.549. The van der Waals surface area contributed by atoms with E-state index in [1.165, 1.54) is 0 Å². The molecule has 0 radical (unpaired) electrons. The lowest BCUT2D eigenvalue weighted by atomic mass is 10.1. The maximum Gasteiger partial charge on any atom is 0.247 e. The standard InChI is InChI=1S/C20H25N3O3/c1-5-7-17-12-18(26-23-17)8-6-9-24-19-13(2)10-16(11-14(19)3)20-22-21-15(4)25-20/h10-12H,5-9H2,1-4H3. The summed E-state index contributed by atoms with van der Waals surface area (Å²) in [5, 5.41) is 12.0. The molecule has 0 atom stereocenters. The highest BCUT2D eigenvalue weighted by molar-refractivity contribution is 5.59. The first-order chi connectivity index (χ1) is 12.6. The summed E-state index contributed by atoms with van der Waals surface area (Å²) in [5.74, 6) is 2.93. The van der Waals surface area contributed by atoms with Gasteiger partial charge in [0.05, 0.1) is 12.3 Å². The third-order valence-corrected chi connectivity index (χ3v) is 4.16. The molecule has 2 aromatic heterocycles. The molecular weight excluding hydrogens is 330 g/mol. The maximum absolute atomic E-state index is 6.01. The molecule has 0 aliphatic heterocycles. The zero-order chi connectivity index (χ0) is 18.5. The van der Waals surface area contributed by atoms with Crippen LogP contribution in [0.3, 0.4) is 0 Å². The summed E-state index contributed by atoms with van der Waals surface area (Å²) in [6.07, 6.45) is 3.75. The van der Waals surface area contributed by atoms with Crippen molar-refractivity contribution in [2.24, 2.45) is 0 Å². The van der Waals surface area contributed by atoms with Crippen LogP contribution in [0.4, 0.5) is 0 Å². The van der Waals surface area contributed by atoms with Gasteiger partial charge in [0, 0.05) is 25.0 Å². The zero-order valence-electron chi connectivity index (χ0n) is 15.8. The summed E-state index contributed by atoms with van der Waals surface area (Å²) in [6.45, 7) is 8.61. The molecule has 26 heavy (non-hydrogen) atoms. The van der Waals surface area contributed by atoms with Crippen LogP contribution in [0.25, 0.3) is 11.5 Å². The lowest BCUT2D eigenvalue weighted by Crippen LogP contribution is -2.02. The Morgan fingerprint density at radius 3 is 2.42 bits per heavy atom. The Morgan fingerprint density at radius 1 is 1.00 bits per heavy atom. The smallest absolute Gasteiger partial charge is 0.247 e. The van der Waals surface area contributed by atoms with Crippen molar-refractivity contribution in [2.45, 2.75) is 53.4 Å². The van der Waals surface area contributed by atoms with Gasteiger partial charge in [0.2, 0.25) is 11.8 Å². The van der Waals surface area contributed by atoms with Gasteiger partial charge in [-0.3, -0.25) is 0 Å². The molecule has 0 spiro atoms. The van der Waals surface area contributed by atoms with Crippen molar-refractivity contribution in [1.29, 1.82) is 0 Å². The number of aromatic nitrogens is 3. The summed E-state index contributed by atoms with van der Waals surface area (Å²) in [7, 11) is 0. The Bertz CT molecular complexity index is 844. The highest BCUT2D eigenvalue weighted by Gasteiger charge is 2.12. The number of rotatable bonds is 8. The van der Waals surface area contributed by atoms with Crippen molar-refractivity contribution in [1.82, 2.24) is 15.4 Å². The maximum atomic E-state index is 6.01. The summed E-state index contributed by atoms with van der Waals surface area (Å²) in [5.41, 5.74) is 4.06. The van der Waals surface area contributed by atoms with Crippen LogP contribution in [-0.4, -0.2) is 22.0 Å². The Morgan fingerprint density at radius 2 is 1.77 bits per heavy atom. The fourth-order valence-electron chi connectivity index (χ4n) is 2.98. The molecule has 2 heterocycles. The second-order valence-electron chi connectivity index (χ2n) is 6.55. The van der Waals surface area contributed by atoms with Crippen molar-refractivity contribution >= 4 is 0 Å². The van der Waals surface area contributed by atoms with E-state index in [9.17, 15) is 0 Å². The van der Waals surface area contributed by atoms with Crippen molar-refractivity contribution in [3.8, 4) is 17.2 Å². The first-order valence-corrected chi connectivity index (χ1v) is 9.05. The van der Waals surface area contributed by atoms with Gasteiger partial charge < -0.3 is 13.7 Å². The summed E-state index contributed by atoms with van der Waals surface area (Å²) >= 11 is 0. The number of hydrogen-bond donors (Lipinski definition) is 0. The molecule has 1 aromatic carbocycles. The van der Waals surface area contributed by atoms with E-state index in [2.05, 4.69) is 22.3 Å². The molecule has 0 unspecified atom stereocenters. The van der Waals surface area contributed by atoms with Crippen LogP contribution in [0.2, 0.25) is 0 Å². The van der Waals surface area contributed by atoms with Gasteiger partial charge in [-0.15, -0.1) is 10.2 Å². The normalized spacial score (nSPS) is 11.1. The van der Waals surface area contributed by atoms with Crippen LogP contribution in [0.5, 0.6) is 5.75 Å². The fraction of sp³-hybridized carbons (Fsp3) is 0.450. The van der Waals surface area contributed by atoms with Gasteiger partial charge in [-0.2, -0.15) is 0 Å². The van der Waals surface area contributed by atoms with Gasteiger partial charge in [0.1, 0.15) is 11.5 Å². The summed E-state index contributed by atoms with van der Waals surface area (Å²) in [4.78, 5) is 0. The molecule has 6 nitrogen and oxygen atoms in total. The van der Waals surface area contributed by atoms with E-state index in [0.29, 0.717) is 18.4 Å². The largest absolute Gasteiger partial charge is 0.493 e. The Balaban J connectivity index is 1.57. The molecule has 0 aliphatic rings. The van der Waals surface area contributed by atoms with Crippen LogP contribution >= 0.6 is 0 Å². The summed E-state index contributed by atoms with van der Waals surface area (Å²) < 4.78 is 16.9. The minimum Gasteiger partial charge on any atom is -0.493 e. The van der Waals surface area contributed by atoms with Crippen LogP contribution in [0.15, 0.2) is 27.1 Å². The van der Waals surface area contributed by atoms with Gasteiger partial charge in [-0.1, -0.05) is 18.5 Å². The molecule has 0 aliphatic carbocycles. The van der Waals surface area contributed by atoms with Gasteiger partial charge in [0.25, 0.3) is 0 Å². The van der Waals surface area contributed by atoms with Crippen LogP contribution in [0, 0.1) is 20.8 Å². The molecule has 0 fully saturated rings. The van der Waals surface area contributed by atoms with Crippen molar-refractivity contribution in [2.75, 3.05) is 6.61 Å². The average Bonchev–Trinajstić information content (AvgIpc) is 3.23. The predicted molar refractivity (Wildman–Crippen MR) is 98.3 cm³/mol. The number of nitrogens with zero attached hydrogens (tertiary/aromatic N) is 3. The number of benzene rings is 1. The third-order valence-electron chi connectivity index (χ3n) is 4.16. The third kappa shape index (κ3) is 4.31. The van der Waals surface area contributed by atoms with E-state index in [-0.39, 0.29) is 0 Å². The molecule has 0 saturated heterocycles. The highest BCUT2D eigenvalue weighted by Crippen LogP contribution is 2.29. The van der Waals surface area contributed by atoms with Crippen molar-refractivity contribution < 1.29 is 13.7 Å². The number of hydrogen-bond acceptors (Lipinski definition) is 6. The Labute approximate surface area is 153 Å². The SMILES string of the molecule is CCCc1cc(CCCOc2c(C)cc(-c3nnc(C)o3)cc2C)on1. The van der Waals surface area contributed by atoms with Crippen LogP contribution in [0.1, 0.15) is 48.2 Å². The van der Waals surface area contributed by atoms with E-state index in [1.54, 1.807) is 6.92 Å². The molecule has 0 saturated carbocycles. The molecule has 0 N–H and O–H groups in total. The fourth-order valence-corrected chi connectivity index (χ4v) is 2.98.